The molecule has 1 aromatic heterocycles. The van der Waals surface area contributed by atoms with Gasteiger partial charge in [0.2, 0.25) is 10.0 Å². The second-order valence-corrected chi connectivity index (χ2v) is 6.17. The zero-order chi connectivity index (χ0) is 12.5. The molecule has 0 aromatic carbocycles. The molecule has 0 bridgehead atoms. The molecule has 2 heterocycles. The average Bonchev–Trinajstić information content (AvgIpc) is 2.78. The maximum atomic E-state index is 12.3. The average molecular weight is 255 g/mol. The highest BCUT2D eigenvalue weighted by Crippen LogP contribution is 2.20. The van der Waals surface area contributed by atoms with Gasteiger partial charge in [0.1, 0.15) is 0 Å². The molecule has 0 unspecified atom stereocenters. The summed E-state index contributed by atoms with van der Waals surface area (Å²) < 4.78 is 26.0. The Labute approximate surface area is 101 Å². The van der Waals surface area contributed by atoms with Crippen LogP contribution in [0, 0.1) is 0 Å². The molecule has 0 saturated carbocycles. The molecule has 2 rings (SSSR count). The number of sulfonamides is 1. The minimum atomic E-state index is -3.37. The Bertz CT molecular complexity index is 531. The summed E-state index contributed by atoms with van der Waals surface area (Å²) in [5.74, 6) is 0. The Morgan fingerprint density at radius 1 is 1.53 bits per heavy atom. The molecule has 0 atom stereocenters. The lowest BCUT2D eigenvalue weighted by Gasteiger charge is -2.24. The van der Waals surface area contributed by atoms with Gasteiger partial charge < -0.3 is 10.7 Å². The molecule has 17 heavy (non-hydrogen) atoms. The van der Waals surface area contributed by atoms with Crippen molar-refractivity contribution < 1.29 is 8.42 Å². The number of H-pyrrole nitrogens is 1. The van der Waals surface area contributed by atoms with Gasteiger partial charge in [-0.25, -0.2) is 8.42 Å². The van der Waals surface area contributed by atoms with E-state index in [9.17, 15) is 8.42 Å². The fourth-order valence-electron chi connectivity index (χ4n) is 1.81. The van der Waals surface area contributed by atoms with Gasteiger partial charge in [-0.3, -0.25) is 0 Å². The summed E-state index contributed by atoms with van der Waals surface area (Å²) in [7, 11) is -3.37. The van der Waals surface area contributed by atoms with Gasteiger partial charge in [0.25, 0.3) is 0 Å². The smallest absolute Gasteiger partial charge is 0.244 e. The van der Waals surface area contributed by atoms with Crippen molar-refractivity contribution in [2.45, 2.75) is 24.8 Å². The van der Waals surface area contributed by atoms with Crippen LogP contribution in [0.25, 0.3) is 0 Å². The summed E-state index contributed by atoms with van der Waals surface area (Å²) in [4.78, 5) is 3.16. The monoisotopic (exact) mass is 255 g/mol. The van der Waals surface area contributed by atoms with Crippen LogP contribution in [0.3, 0.4) is 0 Å². The molecule has 3 N–H and O–H groups in total. The van der Waals surface area contributed by atoms with E-state index in [4.69, 9.17) is 5.73 Å². The summed E-state index contributed by atoms with van der Waals surface area (Å²) in [6.45, 7) is 3.34. The van der Waals surface area contributed by atoms with Gasteiger partial charge in [0.05, 0.1) is 4.90 Å². The molecule has 6 heteroatoms. The first-order chi connectivity index (χ1) is 8.04. The van der Waals surface area contributed by atoms with Crippen LogP contribution in [0.5, 0.6) is 0 Å². The van der Waals surface area contributed by atoms with Crippen molar-refractivity contribution in [1.29, 1.82) is 0 Å². The quantitative estimate of drug-likeness (QED) is 0.785. The number of nitrogens with two attached hydrogens (primary N) is 1. The second-order valence-electron chi connectivity index (χ2n) is 4.23. The van der Waals surface area contributed by atoms with Crippen LogP contribution in [-0.2, 0) is 16.6 Å². The van der Waals surface area contributed by atoms with Crippen LogP contribution in [0.1, 0.15) is 19.0 Å². The number of hydrogen-bond acceptors (Lipinski definition) is 3. The van der Waals surface area contributed by atoms with Crippen LogP contribution in [0.4, 0.5) is 0 Å². The molecule has 0 amide bonds. The third-order valence-corrected chi connectivity index (χ3v) is 4.82. The van der Waals surface area contributed by atoms with Crippen LogP contribution in [-0.4, -0.2) is 30.8 Å². The SMILES string of the molecule is CC1=CCN(S(=O)(=O)c2c[nH]c(CN)c2)CC1. The van der Waals surface area contributed by atoms with Gasteiger partial charge >= 0.3 is 0 Å². The zero-order valence-electron chi connectivity index (χ0n) is 9.81. The Balaban J connectivity index is 2.24. The van der Waals surface area contributed by atoms with E-state index in [1.165, 1.54) is 16.1 Å². The van der Waals surface area contributed by atoms with Crippen LogP contribution >= 0.6 is 0 Å². The normalized spacial score (nSPS) is 18.1. The van der Waals surface area contributed by atoms with Crippen molar-refractivity contribution >= 4 is 10.0 Å². The van der Waals surface area contributed by atoms with Gasteiger partial charge in [0, 0.05) is 31.5 Å². The number of nitrogens with one attached hydrogen (secondary N) is 1. The van der Waals surface area contributed by atoms with Gasteiger partial charge in [-0.2, -0.15) is 4.31 Å². The highest BCUT2D eigenvalue weighted by atomic mass is 32.2. The number of hydrogen-bond donors (Lipinski definition) is 2. The summed E-state index contributed by atoms with van der Waals surface area (Å²) in [6, 6.07) is 1.60. The van der Waals surface area contributed by atoms with Crippen molar-refractivity contribution in [3.05, 3.63) is 29.6 Å². The summed E-state index contributed by atoms with van der Waals surface area (Å²) in [6.07, 6.45) is 4.26. The molecular weight excluding hydrogens is 238 g/mol. The Kier molecular flexibility index (Phi) is 3.37. The van der Waals surface area contributed by atoms with E-state index >= 15 is 0 Å². The molecule has 0 fully saturated rings. The van der Waals surface area contributed by atoms with Gasteiger partial charge in [-0.1, -0.05) is 11.6 Å². The fraction of sp³-hybridized carbons (Fsp3) is 0.455. The molecule has 94 valence electrons. The van der Waals surface area contributed by atoms with Gasteiger partial charge in [-0.15, -0.1) is 0 Å². The lowest BCUT2D eigenvalue weighted by Crippen LogP contribution is -2.34. The number of aromatic amines is 1. The minimum absolute atomic E-state index is 0.297. The number of aromatic nitrogens is 1. The first-order valence-corrected chi connectivity index (χ1v) is 7.01. The molecule has 0 aliphatic carbocycles. The van der Waals surface area contributed by atoms with E-state index < -0.39 is 10.0 Å². The summed E-state index contributed by atoms with van der Waals surface area (Å²) in [5, 5.41) is 0. The lowest BCUT2D eigenvalue weighted by molar-refractivity contribution is 0.431. The van der Waals surface area contributed by atoms with Gasteiger partial charge in [0.15, 0.2) is 0 Å². The van der Waals surface area contributed by atoms with Crippen molar-refractivity contribution in [3.63, 3.8) is 0 Å². The van der Waals surface area contributed by atoms with Crippen molar-refractivity contribution in [2.75, 3.05) is 13.1 Å². The molecule has 0 spiro atoms. The topological polar surface area (TPSA) is 79.2 Å². The number of rotatable bonds is 3. The van der Waals surface area contributed by atoms with E-state index in [0.29, 0.717) is 24.5 Å². The maximum absolute atomic E-state index is 12.3. The van der Waals surface area contributed by atoms with E-state index in [1.54, 1.807) is 6.07 Å². The van der Waals surface area contributed by atoms with Crippen molar-refractivity contribution in [3.8, 4) is 0 Å². The standard InChI is InChI=1S/C11H17N3O2S/c1-9-2-4-14(5-3-9)17(15,16)11-6-10(7-12)13-8-11/h2,6,8,13H,3-5,7,12H2,1H3. The Morgan fingerprint density at radius 3 is 2.82 bits per heavy atom. The third kappa shape index (κ3) is 2.43. The molecule has 1 aliphatic heterocycles. The van der Waals surface area contributed by atoms with E-state index in [-0.39, 0.29) is 0 Å². The highest BCUT2D eigenvalue weighted by Gasteiger charge is 2.26. The Morgan fingerprint density at radius 2 is 2.29 bits per heavy atom. The zero-order valence-corrected chi connectivity index (χ0v) is 10.6. The molecule has 0 saturated heterocycles. The maximum Gasteiger partial charge on any atom is 0.244 e. The number of nitrogens with zero attached hydrogens (tertiary/aromatic N) is 1. The first-order valence-electron chi connectivity index (χ1n) is 5.57. The molecule has 1 aliphatic rings. The summed E-state index contributed by atoms with van der Waals surface area (Å²) in [5.41, 5.74) is 7.43. The predicted octanol–water partition coefficient (Wildman–Crippen LogP) is 0.814. The highest BCUT2D eigenvalue weighted by molar-refractivity contribution is 7.89. The van der Waals surface area contributed by atoms with E-state index in [2.05, 4.69) is 4.98 Å². The van der Waals surface area contributed by atoms with Crippen LogP contribution < -0.4 is 5.73 Å². The fourth-order valence-corrected chi connectivity index (χ4v) is 3.20. The van der Waals surface area contributed by atoms with Crippen LogP contribution in [0.2, 0.25) is 0 Å². The molecule has 0 radical (unpaired) electrons. The summed E-state index contributed by atoms with van der Waals surface area (Å²) >= 11 is 0. The van der Waals surface area contributed by atoms with Gasteiger partial charge in [-0.05, 0) is 19.4 Å². The first kappa shape index (κ1) is 12.3. The predicted molar refractivity (Wildman–Crippen MR) is 65.8 cm³/mol. The van der Waals surface area contributed by atoms with Crippen molar-refractivity contribution in [1.82, 2.24) is 9.29 Å². The van der Waals surface area contributed by atoms with Crippen LogP contribution in [0.15, 0.2) is 28.8 Å². The molecule has 5 nitrogen and oxygen atoms in total. The lowest BCUT2D eigenvalue weighted by atomic mass is 10.1. The second kappa shape index (κ2) is 4.64. The minimum Gasteiger partial charge on any atom is -0.363 e. The molecular formula is C11H17N3O2S. The van der Waals surface area contributed by atoms with E-state index in [0.717, 1.165) is 12.1 Å². The Hall–Kier alpha value is -1.11. The van der Waals surface area contributed by atoms with Crippen molar-refractivity contribution in [2.24, 2.45) is 5.73 Å². The van der Waals surface area contributed by atoms with E-state index in [1.807, 2.05) is 13.0 Å². The third-order valence-electron chi connectivity index (χ3n) is 2.97. The largest absolute Gasteiger partial charge is 0.363 e. The molecule has 1 aromatic rings.